The number of benzene rings is 3. The Morgan fingerprint density at radius 3 is 2.10 bits per heavy atom. The molecule has 0 unspecified atom stereocenters. The van der Waals surface area contributed by atoms with Gasteiger partial charge in [-0.2, -0.15) is 0 Å². The lowest BCUT2D eigenvalue weighted by Gasteiger charge is -2.25. The number of carbonyl (C=O) groups excluding carboxylic acids is 2. The summed E-state index contributed by atoms with van der Waals surface area (Å²) < 4.78 is 0. The maximum absolute atomic E-state index is 13.7. The summed E-state index contributed by atoms with van der Waals surface area (Å²) in [5.74, 6) is -0.570. The minimum Gasteiger partial charge on any atom is -0.336 e. The predicted molar refractivity (Wildman–Crippen MR) is 127 cm³/mol. The quantitative estimate of drug-likeness (QED) is 0.472. The highest BCUT2D eigenvalue weighted by atomic mass is 32.2. The third-order valence-corrected chi connectivity index (χ3v) is 6.53. The summed E-state index contributed by atoms with van der Waals surface area (Å²) in [4.78, 5) is 32.0. The molecule has 3 aromatic carbocycles. The standard InChI is InChI=1S/C26H24N2O2S/c1-4-27(20-13-7-5-8-14-20)23-24(31-21-15-9-6-10-16-21)26(30)28(25(23)29)22-17-11-12-18(2)19(22)3/h5-17H,4H2,1-3H3. The van der Waals surface area contributed by atoms with Crippen LogP contribution in [-0.4, -0.2) is 18.4 Å². The largest absolute Gasteiger partial charge is 0.336 e. The molecule has 3 aromatic rings. The number of para-hydroxylation sites is 1. The number of anilines is 2. The SMILES string of the molecule is CCN(C1=C(Sc2ccccc2)C(=O)N(c2cccc(C)c2C)C1=O)c1ccccc1. The van der Waals surface area contributed by atoms with Gasteiger partial charge in [0.2, 0.25) is 0 Å². The lowest BCUT2D eigenvalue weighted by Crippen LogP contribution is -2.35. The van der Waals surface area contributed by atoms with Crippen molar-refractivity contribution in [3.8, 4) is 0 Å². The summed E-state index contributed by atoms with van der Waals surface area (Å²) in [6.07, 6.45) is 0. The van der Waals surface area contributed by atoms with Crippen LogP contribution < -0.4 is 9.80 Å². The van der Waals surface area contributed by atoms with Gasteiger partial charge < -0.3 is 4.90 Å². The predicted octanol–water partition coefficient (Wildman–Crippen LogP) is 5.71. The summed E-state index contributed by atoms with van der Waals surface area (Å²) in [6.45, 7) is 6.49. The molecule has 4 rings (SSSR count). The molecule has 0 spiro atoms. The number of nitrogens with zero attached hydrogens (tertiary/aromatic N) is 2. The average Bonchev–Trinajstić information content (AvgIpc) is 3.02. The molecule has 0 fully saturated rings. The topological polar surface area (TPSA) is 40.6 Å². The summed E-state index contributed by atoms with van der Waals surface area (Å²) in [7, 11) is 0. The van der Waals surface area contributed by atoms with Gasteiger partial charge in [0.05, 0.1) is 5.69 Å². The van der Waals surface area contributed by atoms with Crippen LogP contribution in [-0.2, 0) is 9.59 Å². The van der Waals surface area contributed by atoms with Crippen LogP contribution in [0.25, 0.3) is 0 Å². The first-order valence-electron chi connectivity index (χ1n) is 10.3. The summed E-state index contributed by atoms with van der Waals surface area (Å²) in [5, 5.41) is 0. The Labute approximate surface area is 187 Å². The van der Waals surface area contributed by atoms with Crippen molar-refractivity contribution in [3.63, 3.8) is 0 Å². The molecular formula is C26H24N2O2S. The second-order valence-electron chi connectivity index (χ2n) is 7.34. The molecular weight excluding hydrogens is 404 g/mol. The molecule has 1 heterocycles. The molecule has 156 valence electrons. The van der Waals surface area contributed by atoms with E-state index in [-0.39, 0.29) is 11.8 Å². The highest BCUT2D eigenvalue weighted by molar-refractivity contribution is 8.04. The lowest BCUT2D eigenvalue weighted by atomic mass is 10.1. The second kappa shape index (κ2) is 8.82. The Morgan fingerprint density at radius 2 is 1.45 bits per heavy atom. The van der Waals surface area contributed by atoms with Gasteiger partial charge in [-0.1, -0.05) is 60.3 Å². The van der Waals surface area contributed by atoms with Gasteiger partial charge in [0.15, 0.2) is 0 Å². The van der Waals surface area contributed by atoms with Crippen LogP contribution in [0.3, 0.4) is 0 Å². The molecule has 0 aromatic heterocycles. The summed E-state index contributed by atoms with van der Waals surface area (Å²) in [6, 6.07) is 25.1. The first-order valence-corrected chi connectivity index (χ1v) is 11.1. The number of hydrogen-bond donors (Lipinski definition) is 0. The minimum atomic E-state index is -0.289. The van der Waals surface area contributed by atoms with Crippen LogP contribution in [0, 0.1) is 13.8 Å². The van der Waals surface area contributed by atoms with E-state index in [0.29, 0.717) is 22.8 Å². The molecule has 0 saturated carbocycles. The zero-order valence-electron chi connectivity index (χ0n) is 17.8. The molecule has 1 aliphatic heterocycles. The van der Waals surface area contributed by atoms with E-state index in [2.05, 4.69) is 0 Å². The Morgan fingerprint density at radius 1 is 0.806 bits per heavy atom. The number of aryl methyl sites for hydroxylation is 1. The van der Waals surface area contributed by atoms with E-state index in [1.54, 1.807) is 0 Å². The van der Waals surface area contributed by atoms with E-state index in [4.69, 9.17) is 0 Å². The molecule has 2 amide bonds. The van der Waals surface area contributed by atoms with Crippen LogP contribution >= 0.6 is 11.8 Å². The smallest absolute Gasteiger partial charge is 0.283 e. The number of carbonyl (C=O) groups is 2. The first kappa shape index (κ1) is 20.9. The third kappa shape index (κ3) is 3.89. The molecule has 5 heteroatoms. The van der Waals surface area contributed by atoms with E-state index < -0.39 is 0 Å². The Kier molecular flexibility index (Phi) is 5.96. The zero-order chi connectivity index (χ0) is 22.0. The Balaban J connectivity index is 1.86. The van der Waals surface area contributed by atoms with Gasteiger partial charge in [0.1, 0.15) is 10.6 Å². The molecule has 0 aliphatic carbocycles. The zero-order valence-corrected chi connectivity index (χ0v) is 18.6. The van der Waals surface area contributed by atoms with E-state index in [9.17, 15) is 9.59 Å². The van der Waals surface area contributed by atoms with E-state index in [1.807, 2.05) is 105 Å². The Bertz CT molecular complexity index is 1160. The molecule has 0 N–H and O–H groups in total. The number of rotatable bonds is 6. The van der Waals surface area contributed by atoms with Gasteiger partial charge in [-0.3, -0.25) is 9.59 Å². The number of amides is 2. The Hall–Kier alpha value is -3.31. The van der Waals surface area contributed by atoms with Crippen LogP contribution in [0.2, 0.25) is 0 Å². The van der Waals surface area contributed by atoms with Crippen LogP contribution in [0.15, 0.2) is 94.4 Å². The average molecular weight is 429 g/mol. The van der Waals surface area contributed by atoms with Crippen LogP contribution in [0.5, 0.6) is 0 Å². The molecule has 0 atom stereocenters. The van der Waals surface area contributed by atoms with Crippen molar-refractivity contribution in [2.75, 3.05) is 16.3 Å². The van der Waals surface area contributed by atoms with Crippen molar-refractivity contribution >= 4 is 35.0 Å². The van der Waals surface area contributed by atoms with Crippen molar-refractivity contribution in [1.29, 1.82) is 0 Å². The molecule has 31 heavy (non-hydrogen) atoms. The fourth-order valence-electron chi connectivity index (χ4n) is 3.71. The summed E-state index contributed by atoms with van der Waals surface area (Å²) >= 11 is 1.34. The van der Waals surface area contributed by atoms with Crippen LogP contribution in [0.1, 0.15) is 18.1 Å². The molecule has 0 bridgehead atoms. The highest BCUT2D eigenvalue weighted by Crippen LogP contribution is 2.40. The maximum atomic E-state index is 13.7. The van der Waals surface area contributed by atoms with E-state index >= 15 is 0 Å². The molecule has 0 saturated heterocycles. The van der Waals surface area contributed by atoms with Crippen molar-refractivity contribution in [2.24, 2.45) is 0 Å². The third-order valence-electron chi connectivity index (χ3n) is 5.45. The van der Waals surface area contributed by atoms with Gasteiger partial charge in [0, 0.05) is 17.1 Å². The minimum absolute atomic E-state index is 0.281. The van der Waals surface area contributed by atoms with Crippen molar-refractivity contribution < 1.29 is 9.59 Å². The first-order chi connectivity index (χ1) is 15.0. The molecule has 1 aliphatic rings. The fourth-order valence-corrected chi connectivity index (χ4v) is 4.71. The van der Waals surface area contributed by atoms with E-state index in [1.165, 1.54) is 16.7 Å². The lowest BCUT2D eigenvalue weighted by molar-refractivity contribution is -0.120. The monoisotopic (exact) mass is 428 g/mol. The number of likely N-dealkylation sites (N-methyl/N-ethyl adjacent to an activating group) is 1. The van der Waals surface area contributed by atoms with Crippen molar-refractivity contribution in [1.82, 2.24) is 0 Å². The van der Waals surface area contributed by atoms with E-state index in [0.717, 1.165) is 21.7 Å². The van der Waals surface area contributed by atoms with Gasteiger partial charge in [-0.25, -0.2) is 4.90 Å². The highest BCUT2D eigenvalue weighted by Gasteiger charge is 2.43. The van der Waals surface area contributed by atoms with Gasteiger partial charge >= 0.3 is 0 Å². The molecule has 4 nitrogen and oxygen atoms in total. The molecule has 0 radical (unpaired) electrons. The summed E-state index contributed by atoms with van der Waals surface area (Å²) in [5.41, 5.74) is 3.92. The van der Waals surface area contributed by atoms with Crippen molar-refractivity contribution in [3.05, 3.63) is 101 Å². The van der Waals surface area contributed by atoms with Gasteiger partial charge in [0.25, 0.3) is 11.8 Å². The normalized spacial score (nSPS) is 13.8. The number of hydrogen-bond acceptors (Lipinski definition) is 4. The van der Waals surface area contributed by atoms with Crippen LogP contribution in [0.4, 0.5) is 11.4 Å². The second-order valence-corrected chi connectivity index (χ2v) is 8.42. The van der Waals surface area contributed by atoms with Crippen molar-refractivity contribution in [2.45, 2.75) is 25.7 Å². The number of thioether (sulfide) groups is 1. The maximum Gasteiger partial charge on any atom is 0.283 e. The fraction of sp³-hybridized carbons (Fsp3) is 0.154. The van der Waals surface area contributed by atoms with Gasteiger partial charge in [-0.05, 0) is 62.2 Å². The number of imide groups is 1. The van der Waals surface area contributed by atoms with Gasteiger partial charge in [-0.15, -0.1) is 0 Å².